The average Bonchev–Trinajstić information content (AvgIpc) is 2.09. The Bertz CT molecular complexity index is 122. The molecule has 2 aliphatic rings. The fraction of sp³-hybridized carbons (Fsp3) is 1.00. The van der Waals surface area contributed by atoms with Gasteiger partial charge in [0, 0.05) is 13.1 Å². The van der Waals surface area contributed by atoms with Gasteiger partial charge in [0.2, 0.25) is 0 Å². The Morgan fingerprint density at radius 1 is 1.44 bits per heavy atom. The molecule has 2 heterocycles. The third-order valence-electron chi connectivity index (χ3n) is 2.63. The van der Waals surface area contributed by atoms with Crippen molar-refractivity contribution in [2.75, 3.05) is 13.1 Å². The second kappa shape index (κ2) is 1.73. The van der Waals surface area contributed by atoms with Gasteiger partial charge in [-0.05, 0) is 11.7 Å². The predicted octanol–water partition coefficient (Wildman–Crippen LogP) is 0.251. The summed E-state index contributed by atoms with van der Waals surface area (Å²) in [5, 5.41) is 2.50. The molecule has 1 atom stereocenters. The van der Waals surface area contributed by atoms with E-state index in [2.05, 4.69) is 7.28 Å². The maximum absolute atomic E-state index is 5.63. The van der Waals surface area contributed by atoms with E-state index >= 15 is 0 Å². The molecule has 49 valence electrons. The second-order valence-electron chi connectivity index (χ2n) is 3.33. The van der Waals surface area contributed by atoms with Gasteiger partial charge in [0.05, 0.1) is 0 Å². The highest BCUT2D eigenvalue weighted by atomic mass is 15.4. The van der Waals surface area contributed by atoms with E-state index in [-0.39, 0.29) is 0 Å². The molecule has 2 rings (SSSR count). The largest absolute Gasteiger partial charge is 0.269 e. The van der Waals surface area contributed by atoms with Crippen molar-refractivity contribution >= 4 is 7.28 Å². The first-order valence-electron chi connectivity index (χ1n) is 3.65. The van der Waals surface area contributed by atoms with Gasteiger partial charge in [-0.15, -0.1) is 0 Å². The van der Waals surface area contributed by atoms with Crippen LogP contribution in [-0.2, 0) is 0 Å². The van der Waals surface area contributed by atoms with E-state index in [1.54, 1.807) is 0 Å². The van der Waals surface area contributed by atoms with Crippen LogP contribution < -0.4 is 5.84 Å². The Morgan fingerprint density at radius 2 is 2.22 bits per heavy atom. The number of nitrogens with two attached hydrogens (primary N) is 1. The van der Waals surface area contributed by atoms with Crippen LogP contribution in [0.4, 0.5) is 0 Å². The van der Waals surface area contributed by atoms with Crippen molar-refractivity contribution in [3.63, 3.8) is 0 Å². The minimum absolute atomic E-state index is 0.564. The fourth-order valence-electron chi connectivity index (χ4n) is 1.85. The molecule has 2 saturated heterocycles. The lowest BCUT2D eigenvalue weighted by molar-refractivity contribution is 0.334. The molecule has 1 unspecified atom stereocenters. The predicted molar refractivity (Wildman–Crippen MR) is 38.2 cm³/mol. The van der Waals surface area contributed by atoms with Crippen LogP contribution in [0.3, 0.4) is 0 Å². The highest BCUT2D eigenvalue weighted by Gasteiger charge is 2.42. The Kier molecular flexibility index (Phi) is 1.11. The molecule has 2 nitrogen and oxygen atoms in total. The monoisotopic (exact) mass is 123 g/mol. The highest BCUT2D eigenvalue weighted by molar-refractivity contribution is 6.44. The van der Waals surface area contributed by atoms with Crippen LogP contribution in [0.15, 0.2) is 0 Å². The summed E-state index contributed by atoms with van der Waals surface area (Å²) in [5.74, 6) is 5.63. The lowest BCUT2D eigenvalue weighted by Gasteiger charge is -2.36. The molecule has 1 spiro atoms. The Labute approximate surface area is 56.6 Å². The van der Waals surface area contributed by atoms with Crippen molar-refractivity contribution in [1.29, 1.82) is 0 Å². The Morgan fingerprint density at radius 3 is 2.44 bits per heavy atom. The molecular weight excluding hydrogens is 111 g/mol. The number of rotatable bonds is 0. The molecule has 2 fully saturated rings. The molecule has 9 heavy (non-hydrogen) atoms. The molecule has 0 aromatic carbocycles. The zero-order valence-corrected chi connectivity index (χ0v) is 5.64. The van der Waals surface area contributed by atoms with Gasteiger partial charge in [-0.2, -0.15) is 0 Å². The molecule has 0 aliphatic carbocycles. The molecule has 0 aromatic rings. The van der Waals surface area contributed by atoms with Crippen molar-refractivity contribution < 1.29 is 0 Å². The van der Waals surface area contributed by atoms with Gasteiger partial charge in [-0.1, -0.05) is 12.7 Å². The molecule has 0 aromatic heterocycles. The van der Waals surface area contributed by atoms with Gasteiger partial charge in [-0.3, -0.25) is 5.84 Å². The zero-order valence-electron chi connectivity index (χ0n) is 5.64. The normalized spacial score (nSPS) is 42.8. The number of hydrogen-bond donors (Lipinski definition) is 1. The van der Waals surface area contributed by atoms with Gasteiger partial charge in [0.25, 0.3) is 0 Å². The highest BCUT2D eigenvalue weighted by Crippen LogP contribution is 2.48. The molecule has 2 aliphatic heterocycles. The van der Waals surface area contributed by atoms with Crippen molar-refractivity contribution in [3.05, 3.63) is 0 Å². The molecule has 0 amide bonds. The summed E-state index contributed by atoms with van der Waals surface area (Å²) >= 11 is 0. The lowest BCUT2D eigenvalue weighted by Crippen LogP contribution is -2.36. The van der Waals surface area contributed by atoms with Crippen LogP contribution in [0.5, 0.6) is 0 Å². The second-order valence-corrected chi connectivity index (χ2v) is 3.33. The standard InChI is InChI=1S/C6H12BN2/c8-9-4-2-6(5-9)1-3-7-6/h1-5,8H2. The number of hydrogen-bond acceptors (Lipinski definition) is 2. The summed E-state index contributed by atoms with van der Waals surface area (Å²) in [6, 6.07) is 0. The molecule has 1 radical (unpaired) electrons. The van der Waals surface area contributed by atoms with E-state index in [4.69, 9.17) is 5.84 Å². The average molecular weight is 123 g/mol. The van der Waals surface area contributed by atoms with Crippen molar-refractivity contribution in [2.24, 2.45) is 5.84 Å². The fourth-order valence-corrected chi connectivity index (χ4v) is 1.85. The Hall–Kier alpha value is -0.0151. The van der Waals surface area contributed by atoms with Gasteiger partial charge in [-0.25, -0.2) is 5.01 Å². The zero-order chi connectivity index (χ0) is 6.32. The first-order valence-corrected chi connectivity index (χ1v) is 3.65. The Balaban J connectivity index is 1.99. The topological polar surface area (TPSA) is 29.3 Å². The quantitative estimate of drug-likeness (QED) is 0.369. The molecule has 0 saturated carbocycles. The van der Waals surface area contributed by atoms with Crippen LogP contribution >= 0.6 is 0 Å². The molecule has 0 bridgehead atoms. The minimum Gasteiger partial charge on any atom is -0.269 e. The SMILES string of the molecule is NN1CCC2([B]CC2)C1. The van der Waals surface area contributed by atoms with Crippen LogP contribution in [-0.4, -0.2) is 25.4 Å². The van der Waals surface area contributed by atoms with Crippen molar-refractivity contribution in [2.45, 2.75) is 24.5 Å². The van der Waals surface area contributed by atoms with Gasteiger partial charge in [0.1, 0.15) is 7.28 Å². The van der Waals surface area contributed by atoms with Crippen LogP contribution in [0.2, 0.25) is 11.6 Å². The first-order chi connectivity index (χ1) is 4.31. The van der Waals surface area contributed by atoms with Crippen molar-refractivity contribution in [3.8, 4) is 0 Å². The van der Waals surface area contributed by atoms with E-state index in [9.17, 15) is 0 Å². The van der Waals surface area contributed by atoms with Gasteiger partial charge >= 0.3 is 0 Å². The summed E-state index contributed by atoms with van der Waals surface area (Å²) in [7, 11) is 2.43. The smallest absolute Gasteiger partial charge is 0.119 e. The summed E-state index contributed by atoms with van der Waals surface area (Å²) in [6.45, 7) is 2.20. The minimum atomic E-state index is 0.564. The maximum atomic E-state index is 5.63. The number of hydrazine groups is 1. The van der Waals surface area contributed by atoms with Crippen molar-refractivity contribution in [1.82, 2.24) is 5.01 Å². The maximum Gasteiger partial charge on any atom is 0.119 e. The summed E-state index contributed by atoms with van der Waals surface area (Å²) < 4.78 is 0. The van der Waals surface area contributed by atoms with E-state index in [1.165, 1.54) is 19.2 Å². The number of nitrogens with zero attached hydrogens (tertiary/aromatic N) is 1. The van der Waals surface area contributed by atoms with Gasteiger partial charge < -0.3 is 0 Å². The summed E-state index contributed by atoms with van der Waals surface area (Å²) in [4.78, 5) is 0. The van der Waals surface area contributed by atoms with Crippen LogP contribution in [0, 0.1) is 0 Å². The molecular formula is C6H12BN2. The third kappa shape index (κ3) is 0.794. The molecule has 3 heteroatoms. The van der Waals surface area contributed by atoms with Crippen LogP contribution in [0.25, 0.3) is 0 Å². The van der Waals surface area contributed by atoms with Gasteiger partial charge in [0.15, 0.2) is 0 Å². The summed E-state index contributed by atoms with van der Waals surface area (Å²) in [5.41, 5.74) is 0. The van der Waals surface area contributed by atoms with Crippen LogP contribution in [0.1, 0.15) is 12.8 Å². The summed E-state index contributed by atoms with van der Waals surface area (Å²) in [6.07, 6.45) is 3.98. The van der Waals surface area contributed by atoms with E-state index in [1.807, 2.05) is 5.01 Å². The van der Waals surface area contributed by atoms with E-state index in [0.717, 1.165) is 13.1 Å². The third-order valence-corrected chi connectivity index (χ3v) is 2.63. The van der Waals surface area contributed by atoms with E-state index in [0.29, 0.717) is 5.31 Å². The first kappa shape index (κ1) is 5.75. The lowest BCUT2D eigenvalue weighted by atomic mass is 9.37. The van der Waals surface area contributed by atoms with E-state index < -0.39 is 0 Å². The molecule has 2 N–H and O–H groups in total.